The number of ether oxygens (including phenoxy) is 1. The van der Waals surface area contributed by atoms with Crippen LogP contribution in [-0.2, 0) is 4.79 Å². The number of hydrazone groups is 1. The second-order valence-electron chi connectivity index (χ2n) is 7.14. The summed E-state index contributed by atoms with van der Waals surface area (Å²) in [7, 11) is 0. The van der Waals surface area contributed by atoms with Crippen LogP contribution < -0.4 is 10.2 Å². The van der Waals surface area contributed by atoms with Crippen molar-refractivity contribution in [1.82, 2.24) is 5.43 Å². The van der Waals surface area contributed by atoms with Gasteiger partial charge in [0.25, 0.3) is 0 Å². The third-order valence-corrected chi connectivity index (χ3v) is 4.54. The summed E-state index contributed by atoms with van der Waals surface area (Å²) in [6.07, 6.45) is 8.97. The molecule has 2 aromatic carbocycles. The van der Waals surface area contributed by atoms with Gasteiger partial charge < -0.3 is 4.74 Å². The molecule has 0 bridgehead atoms. The molecule has 0 aliphatic rings. The molecule has 0 fully saturated rings. The molecule has 0 saturated carbocycles. The van der Waals surface area contributed by atoms with E-state index in [-0.39, 0.29) is 5.91 Å². The maximum Gasteiger partial charge on any atom is 0.343 e. The number of nitrogens with one attached hydrogen (secondary N) is 1. The molecule has 2 rings (SSSR count). The van der Waals surface area contributed by atoms with Crippen molar-refractivity contribution in [3.05, 3.63) is 65.2 Å². The van der Waals surface area contributed by atoms with Crippen LogP contribution in [0.4, 0.5) is 0 Å². The average Bonchev–Trinajstić information content (AvgIpc) is 2.72. The molecule has 0 aliphatic carbocycles. The monoisotopic (exact) mass is 394 g/mol. The van der Waals surface area contributed by atoms with Gasteiger partial charge >= 0.3 is 5.97 Å². The highest BCUT2D eigenvalue weighted by molar-refractivity contribution is 5.91. The van der Waals surface area contributed by atoms with Gasteiger partial charge in [-0.25, -0.2) is 10.2 Å². The van der Waals surface area contributed by atoms with E-state index in [2.05, 4.69) is 17.5 Å². The Morgan fingerprint density at radius 1 is 0.931 bits per heavy atom. The van der Waals surface area contributed by atoms with Crippen molar-refractivity contribution in [2.24, 2.45) is 5.10 Å². The van der Waals surface area contributed by atoms with E-state index in [1.165, 1.54) is 25.7 Å². The molecule has 0 unspecified atom stereocenters. The first-order valence-electron chi connectivity index (χ1n) is 10.3. The van der Waals surface area contributed by atoms with Gasteiger partial charge in [-0.2, -0.15) is 5.10 Å². The fourth-order valence-electron chi connectivity index (χ4n) is 2.78. The van der Waals surface area contributed by atoms with E-state index in [1.807, 2.05) is 19.1 Å². The summed E-state index contributed by atoms with van der Waals surface area (Å²) in [5.74, 6) is -0.00593. The highest BCUT2D eigenvalue weighted by Gasteiger charge is 2.08. The summed E-state index contributed by atoms with van der Waals surface area (Å²) in [6.45, 7) is 4.16. The molecule has 0 radical (unpaired) electrons. The van der Waals surface area contributed by atoms with Gasteiger partial charge in [-0.3, -0.25) is 4.79 Å². The Labute approximate surface area is 173 Å². The number of unbranched alkanes of at least 4 members (excludes halogenated alkanes) is 5. The quantitative estimate of drug-likeness (QED) is 0.182. The Hall–Kier alpha value is -2.95. The van der Waals surface area contributed by atoms with Gasteiger partial charge in [0.15, 0.2) is 0 Å². The summed E-state index contributed by atoms with van der Waals surface area (Å²) in [5.41, 5.74) is 4.95. The molecule has 0 saturated heterocycles. The van der Waals surface area contributed by atoms with Crippen LogP contribution in [0.2, 0.25) is 0 Å². The maximum atomic E-state index is 12.1. The van der Waals surface area contributed by atoms with Gasteiger partial charge in [0.05, 0.1) is 11.8 Å². The second-order valence-corrected chi connectivity index (χ2v) is 7.14. The summed E-state index contributed by atoms with van der Waals surface area (Å²) < 4.78 is 5.36. The van der Waals surface area contributed by atoms with Crippen LogP contribution in [0.25, 0.3) is 0 Å². The molecular formula is C24H30N2O3. The standard InChI is InChI=1S/C24H30N2O3/c1-3-4-5-6-7-8-9-23(27)26-25-18-20-12-16-22(17-13-20)29-24(28)21-14-10-19(2)11-15-21/h10-18H,3-9H2,1-2H3,(H,26,27)/b25-18-. The molecule has 5 heteroatoms. The van der Waals surface area contributed by atoms with Gasteiger partial charge in [-0.1, -0.05) is 56.7 Å². The number of carbonyl (C=O) groups excluding carboxylic acids is 2. The van der Waals surface area contributed by atoms with Gasteiger partial charge in [-0.05, 0) is 55.3 Å². The molecule has 5 nitrogen and oxygen atoms in total. The highest BCUT2D eigenvalue weighted by atomic mass is 16.5. The van der Waals surface area contributed by atoms with Crippen LogP contribution in [0.15, 0.2) is 53.6 Å². The number of rotatable bonds is 11. The molecule has 0 aromatic heterocycles. The number of nitrogens with zero attached hydrogens (tertiary/aromatic N) is 1. The fraction of sp³-hybridized carbons (Fsp3) is 0.375. The predicted molar refractivity (Wildman–Crippen MR) is 116 cm³/mol. The average molecular weight is 395 g/mol. The van der Waals surface area contributed by atoms with Gasteiger partial charge in [0.1, 0.15) is 5.75 Å². The normalized spacial score (nSPS) is 10.8. The van der Waals surface area contributed by atoms with Crippen molar-refractivity contribution in [3.63, 3.8) is 0 Å². The molecule has 0 atom stereocenters. The van der Waals surface area contributed by atoms with E-state index in [0.717, 1.165) is 24.0 Å². The van der Waals surface area contributed by atoms with Gasteiger partial charge in [0, 0.05) is 6.42 Å². The van der Waals surface area contributed by atoms with Crippen LogP contribution in [0.3, 0.4) is 0 Å². The maximum absolute atomic E-state index is 12.1. The lowest BCUT2D eigenvalue weighted by Crippen LogP contribution is -2.16. The summed E-state index contributed by atoms with van der Waals surface area (Å²) in [5, 5.41) is 3.98. The van der Waals surface area contributed by atoms with Crippen LogP contribution in [0, 0.1) is 6.92 Å². The third-order valence-electron chi connectivity index (χ3n) is 4.54. The van der Waals surface area contributed by atoms with Crippen molar-refractivity contribution >= 4 is 18.1 Å². The number of aryl methyl sites for hydroxylation is 1. The van der Waals surface area contributed by atoms with Crippen molar-refractivity contribution in [3.8, 4) is 5.75 Å². The highest BCUT2D eigenvalue weighted by Crippen LogP contribution is 2.14. The number of carbonyl (C=O) groups is 2. The molecule has 1 amide bonds. The van der Waals surface area contributed by atoms with Crippen LogP contribution in [0.1, 0.15) is 73.4 Å². The zero-order valence-corrected chi connectivity index (χ0v) is 17.3. The molecule has 29 heavy (non-hydrogen) atoms. The molecule has 2 aromatic rings. The van der Waals surface area contributed by atoms with Crippen molar-refractivity contribution in [2.45, 2.75) is 58.8 Å². The van der Waals surface area contributed by atoms with Crippen LogP contribution in [-0.4, -0.2) is 18.1 Å². The first kappa shape index (κ1) is 22.3. The largest absolute Gasteiger partial charge is 0.423 e. The topological polar surface area (TPSA) is 67.8 Å². The Balaban J connectivity index is 1.72. The minimum atomic E-state index is -0.395. The minimum absolute atomic E-state index is 0.0691. The molecule has 0 heterocycles. The Morgan fingerprint density at radius 2 is 1.59 bits per heavy atom. The summed E-state index contributed by atoms with van der Waals surface area (Å²) >= 11 is 0. The summed E-state index contributed by atoms with van der Waals surface area (Å²) in [4.78, 5) is 23.9. The SMILES string of the molecule is CCCCCCCCC(=O)N/N=C\c1ccc(OC(=O)c2ccc(C)cc2)cc1. The summed E-state index contributed by atoms with van der Waals surface area (Å²) in [6, 6.07) is 14.2. The second kappa shape index (κ2) is 12.5. The van der Waals surface area contributed by atoms with Crippen molar-refractivity contribution in [1.29, 1.82) is 0 Å². The first-order valence-corrected chi connectivity index (χ1v) is 10.3. The van der Waals surface area contributed by atoms with E-state index < -0.39 is 5.97 Å². The molecular weight excluding hydrogens is 364 g/mol. The minimum Gasteiger partial charge on any atom is -0.423 e. The number of esters is 1. The third kappa shape index (κ3) is 8.73. The number of benzene rings is 2. The number of hydrogen-bond acceptors (Lipinski definition) is 4. The van der Waals surface area contributed by atoms with Gasteiger partial charge in [-0.15, -0.1) is 0 Å². The van der Waals surface area contributed by atoms with Crippen LogP contribution in [0.5, 0.6) is 5.75 Å². The van der Waals surface area contributed by atoms with Gasteiger partial charge in [0.2, 0.25) is 5.91 Å². The number of amides is 1. The van der Waals surface area contributed by atoms with Crippen LogP contribution >= 0.6 is 0 Å². The Kier molecular flexibility index (Phi) is 9.63. The van der Waals surface area contributed by atoms with E-state index in [0.29, 0.717) is 17.7 Å². The lowest BCUT2D eigenvalue weighted by atomic mass is 10.1. The molecule has 0 aliphatic heterocycles. The van der Waals surface area contributed by atoms with Crippen molar-refractivity contribution in [2.75, 3.05) is 0 Å². The fourth-order valence-corrected chi connectivity index (χ4v) is 2.78. The molecule has 0 spiro atoms. The predicted octanol–water partition coefficient (Wildman–Crippen LogP) is 5.41. The zero-order valence-electron chi connectivity index (χ0n) is 17.3. The van der Waals surface area contributed by atoms with E-state index in [4.69, 9.17) is 4.74 Å². The first-order chi connectivity index (χ1) is 14.1. The molecule has 154 valence electrons. The smallest absolute Gasteiger partial charge is 0.343 e. The lowest BCUT2D eigenvalue weighted by molar-refractivity contribution is -0.121. The Bertz CT molecular complexity index is 796. The van der Waals surface area contributed by atoms with E-state index in [9.17, 15) is 9.59 Å². The Morgan fingerprint density at radius 3 is 2.28 bits per heavy atom. The number of hydrogen-bond donors (Lipinski definition) is 1. The zero-order chi connectivity index (χ0) is 20.9. The van der Waals surface area contributed by atoms with E-state index >= 15 is 0 Å². The lowest BCUT2D eigenvalue weighted by Gasteiger charge is -2.05. The van der Waals surface area contributed by atoms with Crippen molar-refractivity contribution < 1.29 is 14.3 Å². The molecule has 1 N–H and O–H groups in total. The van der Waals surface area contributed by atoms with E-state index in [1.54, 1.807) is 42.6 Å².